The molecule has 0 aliphatic carbocycles. The highest BCUT2D eigenvalue weighted by Gasteiger charge is 2.20. The first-order chi connectivity index (χ1) is 11.6. The highest BCUT2D eigenvalue weighted by atomic mass is 32.2. The van der Waals surface area contributed by atoms with Crippen LogP contribution in [0, 0.1) is 5.82 Å². The van der Waals surface area contributed by atoms with Gasteiger partial charge >= 0.3 is 5.97 Å². The van der Waals surface area contributed by atoms with Crippen molar-refractivity contribution in [3.63, 3.8) is 0 Å². The van der Waals surface area contributed by atoms with Crippen LogP contribution in [-0.2, 0) is 10.0 Å². The average Bonchev–Trinajstić information content (AvgIpc) is 2.53. The number of aromatic carboxylic acids is 1. The average molecular weight is 367 g/mol. The van der Waals surface area contributed by atoms with Crippen molar-refractivity contribution in [3.8, 4) is 16.9 Å². The largest absolute Gasteiger partial charge is 0.496 e. The molecule has 0 atom stereocenters. The molecule has 2 rings (SSSR count). The van der Waals surface area contributed by atoms with Crippen LogP contribution in [0.15, 0.2) is 41.3 Å². The van der Waals surface area contributed by atoms with E-state index in [2.05, 4.69) is 4.72 Å². The number of halogens is 1. The number of hydrogen-bond donors (Lipinski definition) is 2. The first-order valence-corrected chi connectivity index (χ1v) is 8.87. The summed E-state index contributed by atoms with van der Waals surface area (Å²) in [7, 11) is -2.56. The maximum Gasteiger partial charge on any atom is 0.335 e. The van der Waals surface area contributed by atoms with Crippen LogP contribution in [0.4, 0.5) is 4.39 Å². The zero-order chi connectivity index (χ0) is 18.8. The highest BCUT2D eigenvalue weighted by molar-refractivity contribution is 7.89. The number of carbonyl (C=O) groups is 1. The normalized spacial score (nSPS) is 11.6. The lowest BCUT2D eigenvalue weighted by molar-refractivity contribution is 0.0696. The smallest absolute Gasteiger partial charge is 0.335 e. The summed E-state index contributed by atoms with van der Waals surface area (Å²) < 4.78 is 45.7. The Bertz CT molecular complexity index is 909. The summed E-state index contributed by atoms with van der Waals surface area (Å²) in [6.45, 7) is 3.31. The molecule has 6 nitrogen and oxygen atoms in total. The van der Waals surface area contributed by atoms with E-state index in [1.54, 1.807) is 13.8 Å². The molecule has 0 aliphatic rings. The molecular weight excluding hydrogens is 349 g/mol. The van der Waals surface area contributed by atoms with Crippen LogP contribution in [0.5, 0.6) is 5.75 Å². The molecule has 0 radical (unpaired) electrons. The van der Waals surface area contributed by atoms with Crippen LogP contribution in [0.2, 0.25) is 0 Å². The van der Waals surface area contributed by atoms with Crippen molar-refractivity contribution in [2.45, 2.75) is 24.8 Å². The van der Waals surface area contributed by atoms with Gasteiger partial charge in [-0.3, -0.25) is 0 Å². The number of carboxylic acids is 1. The van der Waals surface area contributed by atoms with Gasteiger partial charge in [-0.25, -0.2) is 22.3 Å². The summed E-state index contributed by atoms with van der Waals surface area (Å²) >= 11 is 0. The van der Waals surface area contributed by atoms with Gasteiger partial charge < -0.3 is 9.84 Å². The monoisotopic (exact) mass is 367 g/mol. The third kappa shape index (κ3) is 4.34. The molecule has 0 fully saturated rings. The van der Waals surface area contributed by atoms with Crippen molar-refractivity contribution in [3.05, 3.63) is 47.8 Å². The molecule has 0 aliphatic heterocycles. The number of sulfonamides is 1. The summed E-state index contributed by atoms with van der Waals surface area (Å²) in [5, 5.41) is 9.29. The highest BCUT2D eigenvalue weighted by Crippen LogP contribution is 2.33. The van der Waals surface area contributed by atoms with Gasteiger partial charge in [0.1, 0.15) is 11.6 Å². The molecule has 0 spiro atoms. The zero-order valence-corrected chi connectivity index (χ0v) is 14.7. The van der Waals surface area contributed by atoms with Crippen molar-refractivity contribution in [1.29, 1.82) is 0 Å². The van der Waals surface area contributed by atoms with Crippen molar-refractivity contribution >= 4 is 16.0 Å². The van der Waals surface area contributed by atoms with E-state index >= 15 is 0 Å². The fraction of sp³-hybridized carbons (Fsp3) is 0.235. The van der Waals surface area contributed by atoms with Crippen LogP contribution in [0.1, 0.15) is 24.2 Å². The fourth-order valence-electron chi connectivity index (χ4n) is 2.32. The Morgan fingerprint density at radius 1 is 1.20 bits per heavy atom. The van der Waals surface area contributed by atoms with Gasteiger partial charge in [0, 0.05) is 17.7 Å². The topological polar surface area (TPSA) is 92.7 Å². The second-order valence-corrected chi connectivity index (χ2v) is 7.39. The Labute approximate surface area is 145 Å². The lowest BCUT2D eigenvalue weighted by Gasteiger charge is -2.14. The molecule has 0 aromatic heterocycles. The fourth-order valence-corrected chi connectivity index (χ4v) is 3.64. The molecule has 2 aromatic rings. The van der Waals surface area contributed by atoms with E-state index in [1.807, 2.05) is 0 Å². The minimum atomic E-state index is -3.90. The van der Waals surface area contributed by atoms with E-state index in [0.717, 1.165) is 12.1 Å². The molecule has 2 aromatic carbocycles. The van der Waals surface area contributed by atoms with E-state index in [1.165, 1.54) is 31.4 Å². The summed E-state index contributed by atoms with van der Waals surface area (Å²) in [4.78, 5) is 11.2. The van der Waals surface area contributed by atoms with Gasteiger partial charge in [0.15, 0.2) is 0 Å². The Kier molecular flexibility index (Phi) is 5.44. The molecule has 2 N–H and O–H groups in total. The molecule has 0 unspecified atom stereocenters. The number of nitrogens with one attached hydrogen (secondary N) is 1. The second-order valence-electron chi connectivity index (χ2n) is 5.67. The predicted molar refractivity (Wildman–Crippen MR) is 90.8 cm³/mol. The predicted octanol–water partition coefficient (Wildman–Crippen LogP) is 2.89. The van der Waals surface area contributed by atoms with E-state index in [0.29, 0.717) is 11.1 Å². The SMILES string of the molecule is COc1cc(F)ccc1-c1cc(C(=O)O)cc(S(=O)(=O)NC(C)C)c1. The maximum atomic E-state index is 13.4. The van der Waals surface area contributed by atoms with Gasteiger partial charge in [-0.1, -0.05) is 0 Å². The van der Waals surface area contributed by atoms with Crippen molar-refractivity contribution in [2.75, 3.05) is 7.11 Å². The summed E-state index contributed by atoms with van der Waals surface area (Å²) in [6, 6.07) is 7.09. The quantitative estimate of drug-likeness (QED) is 0.819. The van der Waals surface area contributed by atoms with Gasteiger partial charge in [0.2, 0.25) is 10.0 Å². The van der Waals surface area contributed by atoms with Gasteiger partial charge in [0.25, 0.3) is 0 Å². The molecule has 25 heavy (non-hydrogen) atoms. The van der Waals surface area contributed by atoms with E-state index < -0.39 is 21.8 Å². The standard InChI is InChI=1S/C17H18FNO5S/c1-10(2)19-25(22,23)14-7-11(6-12(8-14)17(20)21)15-5-4-13(18)9-16(15)24-3/h4-10,19H,1-3H3,(H,20,21). The Morgan fingerprint density at radius 2 is 1.88 bits per heavy atom. The van der Waals surface area contributed by atoms with Gasteiger partial charge in [-0.15, -0.1) is 0 Å². The maximum absolute atomic E-state index is 13.4. The summed E-state index contributed by atoms with van der Waals surface area (Å²) in [5.74, 6) is -1.63. The van der Waals surface area contributed by atoms with E-state index in [4.69, 9.17) is 4.74 Å². The van der Waals surface area contributed by atoms with Crippen LogP contribution in [0.3, 0.4) is 0 Å². The number of rotatable bonds is 6. The molecule has 0 heterocycles. The molecule has 0 amide bonds. The third-order valence-electron chi connectivity index (χ3n) is 3.33. The number of benzene rings is 2. The van der Waals surface area contributed by atoms with E-state index in [-0.39, 0.29) is 22.3 Å². The van der Waals surface area contributed by atoms with Crippen LogP contribution >= 0.6 is 0 Å². The van der Waals surface area contributed by atoms with Crippen LogP contribution in [0.25, 0.3) is 11.1 Å². The Balaban J connectivity index is 2.70. The summed E-state index contributed by atoms with van der Waals surface area (Å²) in [5.41, 5.74) is 0.474. The number of carboxylic acid groups (broad SMARTS) is 1. The Morgan fingerprint density at radius 3 is 2.44 bits per heavy atom. The number of hydrogen-bond acceptors (Lipinski definition) is 4. The minimum Gasteiger partial charge on any atom is -0.496 e. The van der Waals surface area contributed by atoms with Crippen LogP contribution < -0.4 is 9.46 Å². The van der Waals surface area contributed by atoms with Gasteiger partial charge in [-0.2, -0.15) is 0 Å². The molecule has 134 valence electrons. The summed E-state index contributed by atoms with van der Waals surface area (Å²) in [6.07, 6.45) is 0. The van der Waals surface area contributed by atoms with Crippen molar-refractivity contribution in [2.24, 2.45) is 0 Å². The molecule has 0 saturated heterocycles. The van der Waals surface area contributed by atoms with Crippen LogP contribution in [-0.4, -0.2) is 32.6 Å². The second kappa shape index (κ2) is 7.20. The third-order valence-corrected chi connectivity index (χ3v) is 4.97. The molecular formula is C17H18FNO5S. The first-order valence-electron chi connectivity index (χ1n) is 7.38. The molecule has 0 bridgehead atoms. The van der Waals surface area contributed by atoms with Crippen molar-refractivity contribution < 1.29 is 27.4 Å². The number of ether oxygens (including phenoxy) is 1. The molecule has 0 saturated carbocycles. The lowest BCUT2D eigenvalue weighted by atomic mass is 10.0. The lowest BCUT2D eigenvalue weighted by Crippen LogP contribution is -2.30. The first kappa shape index (κ1) is 18.9. The van der Waals surface area contributed by atoms with E-state index in [9.17, 15) is 22.7 Å². The molecule has 8 heteroatoms. The minimum absolute atomic E-state index is 0.169. The Hall–Kier alpha value is -2.45. The van der Waals surface area contributed by atoms with Gasteiger partial charge in [0.05, 0.1) is 17.6 Å². The number of methoxy groups -OCH3 is 1. The van der Waals surface area contributed by atoms with Crippen molar-refractivity contribution in [1.82, 2.24) is 4.72 Å². The van der Waals surface area contributed by atoms with Gasteiger partial charge in [-0.05, 0) is 49.7 Å². The zero-order valence-electron chi connectivity index (χ0n) is 13.9.